The molecular formula is C15H13N3. The molecule has 1 aliphatic rings. The third kappa shape index (κ3) is 1.30. The van der Waals surface area contributed by atoms with Gasteiger partial charge in [-0.15, -0.1) is 0 Å². The second kappa shape index (κ2) is 3.42. The van der Waals surface area contributed by atoms with Crippen LogP contribution < -0.4 is 0 Å². The third-order valence-electron chi connectivity index (χ3n) is 3.81. The largest absolute Gasteiger partial charge is 0.340 e. The van der Waals surface area contributed by atoms with Gasteiger partial charge in [0.2, 0.25) is 0 Å². The van der Waals surface area contributed by atoms with Crippen molar-refractivity contribution >= 4 is 11.0 Å². The van der Waals surface area contributed by atoms with Crippen molar-refractivity contribution in [1.29, 1.82) is 0 Å². The highest BCUT2D eigenvalue weighted by Crippen LogP contribution is 2.52. The van der Waals surface area contributed by atoms with E-state index in [-0.39, 0.29) is 5.41 Å². The summed E-state index contributed by atoms with van der Waals surface area (Å²) < 4.78 is 0. The topological polar surface area (TPSA) is 41.6 Å². The molecule has 2 aromatic heterocycles. The van der Waals surface area contributed by atoms with Gasteiger partial charge < -0.3 is 4.98 Å². The molecule has 1 aromatic carbocycles. The Morgan fingerprint density at radius 2 is 1.89 bits per heavy atom. The summed E-state index contributed by atoms with van der Waals surface area (Å²) in [6.07, 6.45) is 5.97. The summed E-state index contributed by atoms with van der Waals surface area (Å²) in [5.41, 5.74) is 3.49. The van der Waals surface area contributed by atoms with E-state index in [9.17, 15) is 0 Å². The van der Waals surface area contributed by atoms with Gasteiger partial charge in [0.05, 0.1) is 22.6 Å². The lowest BCUT2D eigenvalue weighted by Gasteiger charge is -2.12. The van der Waals surface area contributed by atoms with Crippen LogP contribution in [0.25, 0.3) is 11.0 Å². The first-order valence-corrected chi connectivity index (χ1v) is 6.24. The van der Waals surface area contributed by atoms with E-state index < -0.39 is 0 Å². The molecule has 0 unspecified atom stereocenters. The molecule has 2 heterocycles. The van der Waals surface area contributed by atoms with Crippen LogP contribution in [0.1, 0.15) is 24.2 Å². The average molecular weight is 235 g/mol. The molecule has 3 nitrogen and oxygen atoms in total. The number of aromatic amines is 1. The number of benzene rings is 1. The summed E-state index contributed by atoms with van der Waals surface area (Å²) in [4.78, 5) is 12.3. The Balaban J connectivity index is 1.87. The number of rotatable bonds is 2. The Bertz CT molecular complexity index is 663. The van der Waals surface area contributed by atoms with Crippen molar-refractivity contribution in [3.63, 3.8) is 0 Å². The van der Waals surface area contributed by atoms with Gasteiger partial charge in [0.15, 0.2) is 0 Å². The fourth-order valence-corrected chi connectivity index (χ4v) is 2.63. The first-order valence-electron chi connectivity index (χ1n) is 6.24. The van der Waals surface area contributed by atoms with Crippen LogP contribution in [0, 0.1) is 0 Å². The lowest BCUT2D eigenvalue weighted by molar-refractivity contribution is 0.779. The van der Waals surface area contributed by atoms with E-state index in [4.69, 9.17) is 4.98 Å². The van der Waals surface area contributed by atoms with E-state index in [1.807, 2.05) is 12.3 Å². The minimum atomic E-state index is 0.111. The molecule has 3 heteroatoms. The van der Waals surface area contributed by atoms with E-state index in [1.165, 1.54) is 18.4 Å². The smallest absolute Gasteiger partial charge is 0.117 e. The molecule has 18 heavy (non-hydrogen) atoms. The maximum absolute atomic E-state index is 4.73. The van der Waals surface area contributed by atoms with Crippen molar-refractivity contribution in [2.45, 2.75) is 18.3 Å². The fourth-order valence-electron chi connectivity index (χ4n) is 2.63. The zero-order valence-electron chi connectivity index (χ0n) is 9.93. The SMILES string of the molecule is c1ccc(C2(c3nc4ccncc4[nH]3)CC2)cc1. The number of hydrogen-bond donors (Lipinski definition) is 1. The highest BCUT2D eigenvalue weighted by atomic mass is 15.0. The molecule has 1 N–H and O–H groups in total. The predicted molar refractivity (Wildman–Crippen MR) is 70.3 cm³/mol. The maximum Gasteiger partial charge on any atom is 0.117 e. The lowest BCUT2D eigenvalue weighted by Crippen LogP contribution is -2.10. The van der Waals surface area contributed by atoms with Crippen molar-refractivity contribution in [3.05, 3.63) is 60.2 Å². The number of pyridine rings is 1. The van der Waals surface area contributed by atoms with Gasteiger partial charge in [-0.2, -0.15) is 0 Å². The second-order valence-corrected chi connectivity index (χ2v) is 4.93. The number of H-pyrrole nitrogens is 1. The molecule has 1 saturated carbocycles. The molecule has 0 radical (unpaired) electrons. The number of imidazole rings is 1. The molecule has 0 amide bonds. The van der Waals surface area contributed by atoms with Crippen LogP contribution in [0.2, 0.25) is 0 Å². The normalized spacial score (nSPS) is 16.9. The zero-order chi connectivity index (χ0) is 12.0. The molecular weight excluding hydrogens is 222 g/mol. The quantitative estimate of drug-likeness (QED) is 0.741. The van der Waals surface area contributed by atoms with Gasteiger partial charge in [-0.3, -0.25) is 4.98 Å². The second-order valence-electron chi connectivity index (χ2n) is 4.93. The summed E-state index contributed by atoms with van der Waals surface area (Å²) in [6.45, 7) is 0. The summed E-state index contributed by atoms with van der Waals surface area (Å²) in [5, 5.41) is 0. The number of hydrogen-bond acceptors (Lipinski definition) is 2. The molecule has 0 bridgehead atoms. The molecule has 0 spiro atoms. The van der Waals surface area contributed by atoms with Crippen molar-refractivity contribution in [2.75, 3.05) is 0 Å². The van der Waals surface area contributed by atoms with E-state index in [0.29, 0.717) is 0 Å². The molecule has 3 aromatic rings. The molecule has 0 atom stereocenters. The average Bonchev–Trinajstić information content (AvgIpc) is 3.13. The van der Waals surface area contributed by atoms with Crippen LogP contribution in [-0.4, -0.2) is 15.0 Å². The van der Waals surface area contributed by atoms with Crippen molar-refractivity contribution < 1.29 is 0 Å². The predicted octanol–water partition coefficient (Wildman–Crippen LogP) is 3.04. The fraction of sp³-hybridized carbons (Fsp3) is 0.200. The highest BCUT2D eigenvalue weighted by molar-refractivity contribution is 5.74. The van der Waals surface area contributed by atoms with E-state index >= 15 is 0 Å². The van der Waals surface area contributed by atoms with Crippen molar-refractivity contribution in [3.8, 4) is 0 Å². The Morgan fingerprint density at radius 3 is 2.61 bits per heavy atom. The molecule has 88 valence electrons. The van der Waals surface area contributed by atoms with Crippen LogP contribution in [0.4, 0.5) is 0 Å². The Kier molecular flexibility index (Phi) is 1.87. The van der Waals surface area contributed by atoms with Crippen LogP contribution in [-0.2, 0) is 5.41 Å². The van der Waals surface area contributed by atoms with E-state index in [1.54, 1.807) is 6.20 Å². The minimum Gasteiger partial charge on any atom is -0.340 e. The summed E-state index contributed by atoms with van der Waals surface area (Å²) in [7, 11) is 0. The monoisotopic (exact) mass is 235 g/mol. The zero-order valence-corrected chi connectivity index (χ0v) is 9.93. The number of fused-ring (bicyclic) bond motifs is 1. The summed E-state index contributed by atoms with van der Waals surface area (Å²) >= 11 is 0. The lowest BCUT2D eigenvalue weighted by atomic mass is 9.95. The number of nitrogens with one attached hydrogen (secondary N) is 1. The molecule has 0 aliphatic heterocycles. The molecule has 1 aliphatic carbocycles. The minimum absolute atomic E-state index is 0.111. The molecule has 1 fully saturated rings. The first kappa shape index (κ1) is 9.83. The Morgan fingerprint density at radius 1 is 1.06 bits per heavy atom. The van der Waals surface area contributed by atoms with Gasteiger partial charge in [-0.1, -0.05) is 30.3 Å². The van der Waals surface area contributed by atoms with E-state index in [2.05, 4.69) is 40.3 Å². The van der Waals surface area contributed by atoms with Crippen LogP contribution in [0.5, 0.6) is 0 Å². The Labute approximate surface area is 105 Å². The first-order chi connectivity index (χ1) is 8.88. The van der Waals surface area contributed by atoms with E-state index in [0.717, 1.165) is 16.9 Å². The molecule has 0 saturated heterocycles. The number of aromatic nitrogens is 3. The van der Waals surface area contributed by atoms with Crippen LogP contribution >= 0.6 is 0 Å². The standard InChI is InChI=1S/C15H13N3/c1-2-4-11(5-3-1)15(7-8-15)14-17-12-6-9-16-10-13(12)18-14/h1-6,9-10H,7-8H2,(H,17,18). The third-order valence-corrected chi connectivity index (χ3v) is 3.81. The van der Waals surface area contributed by atoms with Crippen LogP contribution in [0.15, 0.2) is 48.8 Å². The maximum atomic E-state index is 4.73. The summed E-state index contributed by atoms with van der Waals surface area (Å²) in [6, 6.07) is 12.6. The highest BCUT2D eigenvalue weighted by Gasteiger charge is 2.48. The summed E-state index contributed by atoms with van der Waals surface area (Å²) in [5.74, 6) is 1.08. The molecule has 4 rings (SSSR count). The van der Waals surface area contributed by atoms with Gasteiger partial charge >= 0.3 is 0 Å². The van der Waals surface area contributed by atoms with Gasteiger partial charge in [-0.25, -0.2) is 4.98 Å². The van der Waals surface area contributed by atoms with Crippen molar-refractivity contribution in [1.82, 2.24) is 15.0 Å². The van der Waals surface area contributed by atoms with Crippen molar-refractivity contribution in [2.24, 2.45) is 0 Å². The Hall–Kier alpha value is -2.16. The van der Waals surface area contributed by atoms with Gasteiger partial charge in [-0.05, 0) is 24.5 Å². The van der Waals surface area contributed by atoms with Gasteiger partial charge in [0.1, 0.15) is 5.82 Å². The van der Waals surface area contributed by atoms with Gasteiger partial charge in [0, 0.05) is 6.20 Å². The van der Waals surface area contributed by atoms with Crippen LogP contribution in [0.3, 0.4) is 0 Å². The van der Waals surface area contributed by atoms with Gasteiger partial charge in [0.25, 0.3) is 0 Å². The number of nitrogens with zero attached hydrogens (tertiary/aromatic N) is 2.